The Morgan fingerprint density at radius 3 is 2.92 bits per heavy atom. The number of carbonyl (C=O) groups is 1. The minimum atomic E-state index is -0.117. The van der Waals surface area contributed by atoms with E-state index in [1.807, 2.05) is 30.3 Å². The van der Waals surface area contributed by atoms with Gasteiger partial charge in [0.15, 0.2) is 0 Å². The molecule has 0 spiro atoms. The Kier molecular flexibility index (Phi) is 5.56. The fraction of sp³-hybridized carbons (Fsp3) is 0.389. The first-order valence-corrected chi connectivity index (χ1v) is 8.40. The molecule has 1 aliphatic heterocycles. The zero-order chi connectivity index (χ0) is 16.9. The van der Waals surface area contributed by atoms with Gasteiger partial charge < -0.3 is 19.7 Å². The van der Waals surface area contributed by atoms with E-state index in [-0.39, 0.29) is 12.1 Å². The smallest absolute Gasteiger partial charge is 0.322 e. The minimum Gasteiger partial charge on any atom is -0.385 e. The van der Waals surface area contributed by atoms with Crippen molar-refractivity contribution in [3.05, 3.63) is 41.4 Å². The second-order valence-corrected chi connectivity index (χ2v) is 6.20. The number of halogens is 1. The zero-order valence-corrected chi connectivity index (χ0v) is 14.4. The third-order valence-corrected chi connectivity index (χ3v) is 4.51. The first-order chi connectivity index (χ1) is 11.7. The van der Waals surface area contributed by atoms with Gasteiger partial charge in [0, 0.05) is 42.6 Å². The molecule has 1 fully saturated rings. The number of fused-ring (bicyclic) bond motifs is 1. The quantitative estimate of drug-likeness (QED) is 0.915. The lowest BCUT2D eigenvalue weighted by atomic mass is 10.1. The van der Waals surface area contributed by atoms with E-state index in [0.29, 0.717) is 31.3 Å². The Bertz CT molecular complexity index is 722. The van der Waals surface area contributed by atoms with Gasteiger partial charge in [0.05, 0.1) is 18.4 Å². The molecule has 2 aromatic carbocycles. The molecular formula is C18H21ClN2O3. The highest BCUT2D eigenvalue weighted by Gasteiger charge is 2.24. The molecule has 0 aromatic heterocycles. The number of rotatable bonds is 4. The van der Waals surface area contributed by atoms with Crippen LogP contribution in [-0.2, 0) is 9.47 Å². The normalized spacial score (nSPS) is 17.9. The Morgan fingerprint density at radius 2 is 2.12 bits per heavy atom. The summed E-state index contributed by atoms with van der Waals surface area (Å²) in [7, 11) is 1.67. The van der Waals surface area contributed by atoms with E-state index in [4.69, 9.17) is 21.1 Å². The van der Waals surface area contributed by atoms with Gasteiger partial charge in [-0.15, -0.1) is 0 Å². The molecular weight excluding hydrogens is 328 g/mol. The topological polar surface area (TPSA) is 50.8 Å². The maximum absolute atomic E-state index is 12.6. The van der Waals surface area contributed by atoms with Crippen molar-refractivity contribution in [3.8, 4) is 0 Å². The van der Waals surface area contributed by atoms with E-state index in [9.17, 15) is 4.79 Å². The average molecular weight is 349 g/mol. The highest BCUT2D eigenvalue weighted by Crippen LogP contribution is 2.29. The van der Waals surface area contributed by atoms with E-state index in [1.54, 1.807) is 18.1 Å². The summed E-state index contributed by atoms with van der Waals surface area (Å²) < 4.78 is 10.8. The van der Waals surface area contributed by atoms with Gasteiger partial charge in [-0.3, -0.25) is 0 Å². The molecule has 24 heavy (non-hydrogen) atoms. The molecule has 128 valence electrons. The van der Waals surface area contributed by atoms with E-state index >= 15 is 0 Å². The number of ether oxygens (including phenoxy) is 2. The first kappa shape index (κ1) is 17.0. The van der Waals surface area contributed by atoms with E-state index in [1.165, 1.54) is 0 Å². The molecule has 1 N–H and O–H groups in total. The molecule has 0 aliphatic carbocycles. The molecule has 5 nitrogen and oxygen atoms in total. The summed E-state index contributed by atoms with van der Waals surface area (Å²) in [6, 6.07) is 11.3. The molecule has 1 atom stereocenters. The largest absolute Gasteiger partial charge is 0.385 e. The van der Waals surface area contributed by atoms with Crippen LogP contribution in [0.3, 0.4) is 0 Å². The average Bonchev–Trinajstić information content (AvgIpc) is 2.63. The van der Waals surface area contributed by atoms with Crippen LogP contribution in [0.1, 0.15) is 6.42 Å². The van der Waals surface area contributed by atoms with Gasteiger partial charge in [0.1, 0.15) is 0 Å². The maximum atomic E-state index is 12.6. The van der Waals surface area contributed by atoms with Gasteiger partial charge in [-0.1, -0.05) is 35.9 Å². The Hall–Kier alpha value is -1.82. The molecule has 1 heterocycles. The van der Waals surface area contributed by atoms with Crippen LogP contribution in [0.4, 0.5) is 10.5 Å². The highest BCUT2D eigenvalue weighted by molar-refractivity contribution is 6.36. The van der Waals surface area contributed by atoms with Crippen molar-refractivity contribution in [3.63, 3.8) is 0 Å². The van der Waals surface area contributed by atoms with Crippen molar-refractivity contribution in [1.29, 1.82) is 0 Å². The lowest BCUT2D eigenvalue weighted by molar-refractivity contribution is -0.0260. The monoisotopic (exact) mass is 348 g/mol. The van der Waals surface area contributed by atoms with Crippen molar-refractivity contribution in [2.75, 3.05) is 38.7 Å². The summed E-state index contributed by atoms with van der Waals surface area (Å²) in [4.78, 5) is 14.4. The molecule has 1 aliphatic rings. The Balaban J connectivity index is 1.72. The first-order valence-electron chi connectivity index (χ1n) is 8.02. The summed E-state index contributed by atoms with van der Waals surface area (Å²) >= 11 is 6.23. The number of nitrogens with zero attached hydrogens (tertiary/aromatic N) is 1. The lowest BCUT2D eigenvalue weighted by Gasteiger charge is -2.33. The summed E-state index contributed by atoms with van der Waals surface area (Å²) in [6.45, 7) is 2.33. The van der Waals surface area contributed by atoms with Gasteiger partial charge in [-0.2, -0.15) is 0 Å². The van der Waals surface area contributed by atoms with Crippen LogP contribution in [0.25, 0.3) is 10.8 Å². The molecule has 0 bridgehead atoms. The summed E-state index contributed by atoms with van der Waals surface area (Å²) in [6.07, 6.45) is 0.802. The number of hydrogen-bond acceptors (Lipinski definition) is 3. The van der Waals surface area contributed by atoms with Crippen molar-refractivity contribution >= 4 is 34.1 Å². The Morgan fingerprint density at radius 1 is 1.33 bits per heavy atom. The van der Waals surface area contributed by atoms with E-state index in [0.717, 1.165) is 22.9 Å². The van der Waals surface area contributed by atoms with Crippen LogP contribution in [0.5, 0.6) is 0 Å². The Labute approximate surface area is 146 Å². The number of amides is 2. The number of benzene rings is 2. The van der Waals surface area contributed by atoms with Gasteiger partial charge in [0.25, 0.3) is 0 Å². The third-order valence-electron chi connectivity index (χ3n) is 4.18. The molecule has 0 saturated carbocycles. The second-order valence-electron chi connectivity index (χ2n) is 5.79. The van der Waals surface area contributed by atoms with Crippen molar-refractivity contribution in [2.24, 2.45) is 0 Å². The molecule has 2 amide bonds. The summed E-state index contributed by atoms with van der Waals surface area (Å²) in [5.74, 6) is 0. The minimum absolute atomic E-state index is 0.0198. The SMILES string of the molecule is COCC[C@@H]1CN(C(=O)Nc2ccc(Cl)c3ccccc23)CCO1. The van der Waals surface area contributed by atoms with Crippen molar-refractivity contribution < 1.29 is 14.3 Å². The van der Waals surface area contributed by atoms with Crippen LogP contribution >= 0.6 is 11.6 Å². The third kappa shape index (κ3) is 3.80. The fourth-order valence-electron chi connectivity index (χ4n) is 2.89. The van der Waals surface area contributed by atoms with Crippen molar-refractivity contribution in [2.45, 2.75) is 12.5 Å². The van der Waals surface area contributed by atoms with E-state index < -0.39 is 0 Å². The van der Waals surface area contributed by atoms with Crippen LogP contribution < -0.4 is 5.32 Å². The van der Waals surface area contributed by atoms with Crippen LogP contribution in [0.15, 0.2) is 36.4 Å². The number of anilines is 1. The molecule has 2 aromatic rings. The zero-order valence-electron chi connectivity index (χ0n) is 13.6. The maximum Gasteiger partial charge on any atom is 0.322 e. The number of urea groups is 1. The summed E-state index contributed by atoms with van der Waals surface area (Å²) in [5, 5.41) is 5.54. The molecule has 3 rings (SSSR count). The van der Waals surface area contributed by atoms with E-state index in [2.05, 4.69) is 5.32 Å². The molecule has 6 heteroatoms. The highest BCUT2D eigenvalue weighted by atomic mass is 35.5. The molecule has 0 radical (unpaired) electrons. The molecule has 0 unspecified atom stereocenters. The van der Waals surface area contributed by atoms with Gasteiger partial charge >= 0.3 is 6.03 Å². The molecule has 1 saturated heterocycles. The fourth-order valence-corrected chi connectivity index (χ4v) is 3.12. The van der Waals surface area contributed by atoms with Gasteiger partial charge in [-0.05, 0) is 18.6 Å². The van der Waals surface area contributed by atoms with Gasteiger partial charge in [-0.25, -0.2) is 4.79 Å². The predicted octanol–water partition coefficient (Wildman–Crippen LogP) is 3.76. The van der Waals surface area contributed by atoms with Gasteiger partial charge in [0.2, 0.25) is 0 Å². The summed E-state index contributed by atoms with van der Waals surface area (Å²) in [5.41, 5.74) is 0.764. The van der Waals surface area contributed by atoms with Crippen LogP contribution in [0.2, 0.25) is 5.02 Å². The lowest BCUT2D eigenvalue weighted by Crippen LogP contribution is -2.47. The van der Waals surface area contributed by atoms with Crippen LogP contribution in [0, 0.1) is 0 Å². The standard InChI is InChI=1S/C18H21ClN2O3/c1-23-10-8-13-12-21(9-11-24-13)18(22)20-17-7-6-16(19)14-4-2-3-5-15(14)17/h2-7,13H,8-12H2,1H3,(H,20,22)/t13-/m1/s1. The second kappa shape index (κ2) is 7.83. The number of methoxy groups -OCH3 is 1. The van der Waals surface area contributed by atoms with Crippen molar-refractivity contribution in [1.82, 2.24) is 4.90 Å². The van der Waals surface area contributed by atoms with Crippen LogP contribution in [-0.4, -0.2) is 50.4 Å². The number of carbonyl (C=O) groups excluding carboxylic acids is 1. The number of hydrogen-bond donors (Lipinski definition) is 1. The number of morpholine rings is 1. The number of nitrogens with one attached hydrogen (secondary N) is 1. The predicted molar refractivity (Wildman–Crippen MR) is 95.8 cm³/mol.